The Balaban J connectivity index is 1.80. The van der Waals surface area contributed by atoms with E-state index < -0.39 is 0 Å². The number of rotatable bonds is 5. The van der Waals surface area contributed by atoms with E-state index in [0.29, 0.717) is 34.5 Å². The average Bonchev–Trinajstić information content (AvgIpc) is 2.92. The lowest BCUT2D eigenvalue weighted by atomic mass is 10.2. The van der Waals surface area contributed by atoms with Crippen molar-refractivity contribution in [3.63, 3.8) is 0 Å². The predicted octanol–water partition coefficient (Wildman–Crippen LogP) is 0.337. The van der Waals surface area contributed by atoms with E-state index in [4.69, 9.17) is 4.52 Å². The van der Waals surface area contributed by atoms with Gasteiger partial charge < -0.3 is 9.84 Å². The maximum atomic E-state index is 11.9. The SMILES string of the molecule is Cc1noc(C)c1C(=O)NCCSc1nnnn1C. The highest BCUT2D eigenvalue weighted by Crippen LogP contribution is 2.13. The Morgan fingerprint density at radius 3 is 2.84 bits per heavy atom. The van der Waals surface area contributed by atoms with Gasteiger partial charge in [0, 0.05) is 19.3 Å². The van der Waals surface area contributed by atoms with Crippen LogP contribution in [0.4, 0.5) is 0 Å². The first-order valence-electron chi connectivity index (χ1n) is 5.66. The standard InChI is InChI=1S/C10H14N6O2S/c1-6-8(7(2)18-13-6)9(17)11-4-5-19-10-12-14-15-16(10)3/h4-5H2,1-3H3,(H,11,17). The lowest BCUT2D eigenvalue weighted by Crippen LogP contribution is -2.26. The van der Waals surface area contributed by atoms with Crippen LogP contribution >= 0.6 is 11.8 Å². The smallest absolute Gasteiger partial charge is 0.256 e. The third kappa shape index (κ3) is 3.11. The molecule has 0 saturated carbocycles. The fourth-order valence-corrected chi connectivity index (χ4v) is 2.25. The molecule has 0 radical (unpaired) electrons. The molecule has 102 valence electrons. The zero-order valence-electron chi connectivity index (χ0n) is 10.9. The Bertz CT molecular complexity index is 559. The number of nitrogens with zero attached hydrogens (tertiary/aromatic N) is 5. The van der Waals surface area contributed by atoms with Crippen LogP contribution < -0.4 is 5.32 Å². The number of carbonyl (C=O) groups excluding carboxylic acids is 1. The Kier molecular flexibility index (Phi) is 4.15. The fourth-order valence-electron chi connectivity index (χ4n) is 1.55. The molecule has 2 aromatic heterocycles. The zero-order valence-corrected chi connectivity index (χ0v) is 11.7. The van der Waals surface area contributed by atoms with Crippen LogP contribution in [-0.4, -0.2) is 43.6 Å². The van der Waals surface area contributed by atoms with Gasteiger partial charge in [-0.05, 0) is 24.3 Å². The summed E-state index contributed by atoms with van der Waals surface area (Å²) in [6.45, 7) is 3.97. The van der Waals surface area contributed by atoms with Gasteiger partial charge >= 0.3 is 0 Å². The predicted molar refractivity (Wildman–Crippen MR) is 67.8 cm³/mol. The zero-order chi connectivity index (χ0) is 13.8. The maximum Gasteiger partial charge on any atom is 0.256 e. The number of thioether (sulfide) groups is 1. The lowest BCUT2D eigenvalue weighted by molar-refractivity contribution is 0.0954. The Morgan fingerprint density at radius 2 is 2.26 bits per heavy atom. The van der Waals surface area contributed by atoms with E-state index in [0.717, 1.165) is 0 Å². The maximum absolute atomic E-state index is 11.9. The van der Waals surface area contributed by atoms with Crippen LogP contribution in [0.2, 0.25) is 0 Å². The average molecular weight is 282 g/mol. The van der Waals surface area contributed by atoms with E-state index in [2.05, 4.69) is 26.0 Å². The molecule has 0 aliphatic heterocycles. The van der Waals surface area contributed by atoms with E-state index in [-0.39, 0.29) is 5.91 Å². The molecule has 1 amide bonds. The number of nitrogens with one attached hydrogen (secondary N) is 1. The molecule has 0 unspecified atom stereocenters. The third-order valence-electron chi connectivity index (χ3n) is 2.46. The molecular formula is C10H14N6O2S. The summed E-state index contributed by atoms with van der Waals surface area (Å²) >= 11 is 1.47. The second-order valence-electron chi connectivity index (χ2n) is 3.89. The molecule has 2 aromatic rings. The molecule has 0 aliphatic rings. The van der Waals surface area contributed by atoms with Crippen LogP contribution in [-0.2, 0) is 7.05 Å². The second-order valence-corrected chi connectivity index (χ2v) is 4.95. The number of aryl methyl sites for hydroxylation is 3. The molecule has 1 N–H and O–H groups in total. The summed E-state index contributed by atoms with van der Waals surface area (Å²) in [4.78, 5) is 11.9. The van der Waals surface area contributed by atoms with Crippen LogP contribution in [0, 0.1) is 13.8 Å². The molecule has 0 aromatic carbocycles. The summed E-state index contributed by atoms with van der Waals surface area (Å²) < 4.78 is 6.54. The van der Waals surface area contributed by atoms with Crippen LogP contribution in [0.15, 0.2) is 9.68 Å². The van der Waals surface area contributed by atoms with Crippen LogP contribution in [0.5, 0.6) is 0 Å². The highest BCUT2D eigenvalue weighted by molar-refractivity contribution is 7.99. The van der Waals surface area contributed by atoms with Gasteiger partial charge in [0.1, 0.15) is 11.3 Å². The molecule has 2 heterocycles. The van der Waals surface area contributed by atoms with Crippen molar-refractivity contribution in [1.29, 1.82) is 0 Å². The molecule has 0 atom stereocenters. The molecule has 8 nitrogen and oxygen atoms in total. The number of amides is 1. The minimum absolute atomic E-state index is 0.173. The Morgan fingerprint density at radius 1 is 1.47 bits per heavy atom. The second kappa shape index (κ2) is 5.83. The van der Waals surface area contributed by atoms with Gasteiger partial charge in [-0.1, -0.05) is 16.9 Å². The Labute approximate surface area is 113 Å². The van der Waals surface area contributed by atoms with Gasteiger partial charge in [-0.15, -0.1) is 5.10 Å². The fraction of sp³-hybridized carbons (Fsp3) is 0.500. The van der Waals surface area contributed by atoms with Gasteiger partial charge in [0.25, 0.3) is 5.91 Å². The van der Waals surface area contributed by atoms with E-state index in [1.807, 2.05) is 0 Å². The molecule has 0 spiro atoms. The minimum Gasteiger partial charge on any atom is -0.361 e. The molecule has 2 rings (SSSR count). The van der Waals surface area contributed by atoms with Crippen molar-refractivity contribution < 1.29 is 9.32 Å². The summed E-state index contributed by atoms with van der Waals surface area (Å²) in [6.07, 6.45) is 0. The first-order chi connectivity index (χ1) is 9.09. The highest BCUT2D eigenvalue weighted by atomic mass is 32.2. The van der Waals surface area contributed by atoms with E-state index in [9.17, 15) is 4.79 Å². The summed E-state index contributed by atoms with van der Waals surface area (Å²) in [5.41, 5.74) is 1.10. The number of hydrogen-bond acceptors (Lipinski definition) is 7. The number of tetrazole rings is 1. The first kappa shape index (κ1) is 13.5. The molecular weight excluding hydrogens is 268 g/mol. The number of hydrogen-bond donors (Lipinski definition) is 1. The summed E-state index contributed by atoms with van der Waals surface area (Å²) in [5, 5.41) is 18.4. The topological polar surface area (TPSA) is 98.7 Å². The molecule has 0 bridgehead atoms. The normalized spacial score (nSPS) is 10.7. The van der Waals surface area contributed by atoms with Gasteiger partial charge in [-0.25, -0.2) is 4.68 Å². The van der Waals surface area contributed by atoms with E-state index in [1.54, 1.807) is 25.6 Å². The molecule has 19 heavy (non-hydrogen) atoms. The summed E-state index contributed by atoms with van der Waals surface area (Å²) in [5.74, 6) is 1.04. The van der Waals surface area contributed by atoms with Crippen LogP contribution in [0.25, 0.3) is 0 Å². The monoisotopic (exact) mass is 282 g/mol. The minimum atomic E-state index is -0.173. The largest absolute Gasteiger partial charge is 0.361 e. The number of carbonyl (C=O) groups is 1. The lowest BCUT2D eigenvalue weighted by Gasteiger charge is -2.03. The van der Waals surface area contributed by atoms with Crippen molar-refractivity contribution in [1.82, 2.24) is 30.7 Å². The van der Waals surface area contributed by atoms with Gasteiger partial charge in [0.2, 0.25) is 5.16 Å². The highest BCUT2D eigenvalue weighted by Gasteiger charge is 2.16. The van der Waals surface area contributed by atoms with E-state index >= 15 is 0 Å². The van der Waals surface area contributed by atoms with Crippen LogP contribution in [0.3, 0.4) is 0 Å². The van der Waals surface area contributed by atoms with Crippen molar-refractivity contribution in [2.24, 2.45) is 7.05 Å². The van der Waals surface area contributed by atoms with Crippen molar-refractivity contribution in [3.8, 4) is 0 Å². The van der Waals surface area contributed by atoms with Crippen molar-refractivity contribution in [2.45, 2.75) is 19.0 Å². The summed E-state index contributed by atoms with van der Waals surface area (Å²) in [6, 6.07) is 0. The third-order valence-corrected chi connectivity index (χ3v) is 3.47. The van der Waals surface area contributed by atoms with Crippen molar-refractivity contribution in [3.05, 3.63) is 17.0 Å². The molecule has 0 aliphatic carbocycles. The first-order valence-corrected chi connectivity index (χ1v) is 6.64. The molecule has 9 heteroatoms. The van der Waals surface area contributed by atoms with Crippen molar-refractivity contribution >= 4 is 17.7 Å². The van der Waals surface area contributed by atoms with Gasteiger partial charge in [0.05, 0.1) is 5.69 Å². The molecule has 0 saturated heterocycles. The van der Waals surface area contributed by atoms with Crippen LogP contribution in [0.1, 0.15) is 21.8 Å². The quantitative estimate of drug-likeness (QED) is 0.623. The van der Waals surface area contributed by atoms with Gasteiger partial charge in [-0.3, -0.25) is 4.79 Å². The Hall–Kier alpha value is -1.90. The van der Waals surface area contributed by atoms with Gasteiger partial charge in [0.15, 0.2) is 0 Å². The summed E-state index contributed by atoms with van der Waals surface area (Å²) in [7, 11) is 1.77. The molecule has 0 fully saturated rings. The number of aromatic nitrogens is 5. The van der Waals surface area contributed by atoms with Crippen molar-refractivity contribution in [2.75, 3.05) is 12.3 Å². The van der Waals surface area contributed by atoms with E-state index in [1.165, 1.54) is 11.8 Å². The van der Waals surface area contributed by atoms with Gasteiger partial charge in [-0.2, -0.15) is 0 Å².